The lowest BCUT2D eigenvalue weighted by atomic mass is 9.95. The predicted octanol–water partition coefficient (Wildman–Crippen LogP) is 3.65. The second-order valence-electron chi connectivity index (χ2n) is 8.25. The molecule has 1 fully saturated rings. The topological polar surface area (TPSA) is 81.8 Å². The van der Waals surface area contributed by atoms with Crippen LogP contribution in [-0.2, 0) is 4.79 Å². The third kappa shape index (κ3) is 5.84. The molecule has 0 spiro atoms. The lowest BCUT2D eigenvalue weighted by Crippen LogP contribution is -2.46. The summed E-state index contributed by atoms with van der Waals surface area (Å²) in [4.78, 5) is 40.3. The van der Waals surface area contributed by atoms with Gasteiger partial charge in [0.1, 0.15) is 5.82 Å². The van der Waals surface area contributed by atoms with Gasteiger partial charge in [-0.2, -0.15) is 0 Å². The maximum absolute atomic E-state index is 13.0. The van der Waals surface area contributed by atoms with Crippen LogP contribution >= 0.6 is 0 Å². The van der Waals surface area contributed by atoms with Crippen molar-refractivity contribution in [1.29, 1.82) is 0 Å². The number of carbonyl (C=O) groups excluding carboxylic acids is 3. The Kier molecular flexibility index (Phi) is 7.45. The first-order valence-electron chi connectivity index (χ1n) is 10.7. The summed E-state index contributed by atoms with van der Waals surface area (Å²) in [6.07, 6.45) is 1.29. The molecule has 2 aromatic rings. The molecular formula is C24H29FN4O3. The first-order valence-corrected chi connectivity index (χ1v) is 10.7. The van der Waals surface area contributed by atoms with E-state index in [1.54, 1.807) is 36.0 Å². The molecule has 1 saturated heterocycles. The van der Waals surface area contributed by atoms with Gasteiger partial charge in [0.15, 0.2) is 0 Å². The van der Waals surface area contributed by atoms with E-state index in [4.69, 9.17) is 0 Å². The number of hydrogen-bond donors (Lipinski definition) is 2. The molecule has 1 aliphatic rings. The van der Waals surface area contributed by atoms with Gasteiger partial charge in [0.2, 0.25) is 5.91 Å². The maximum Gasteiger partial charge on any atom is 0.319 e. The van der Waals surface area contributed by atoms with Gasteiger partial charge in [0, 0.05) is 44.4 Å². The van der Waals surface area contributed by atoms with Crippen LogP contribution in [0.25, 0.3) is 0 Å². The summed E-state index contributed by atoms with van der Waals surface area (Å²) < 4.78 is 13.0. The number of nitrogens with one attached hydrogen (secondary N) is 2. The van der Waals surface area contributed by atoms with Crippen LogP contribution in [0.1, 0.15) is 41.7 Å². The third-order valence-corrected chi connectivity index (χ3v) is 5.65. The van der Waals surface area contributed by atoms with Gasteiger partial charge in [-0.3, -0.25) is 9.59 Å². The number of carbonyl (C=O) groups is 3. The Bertz CT molecular complexity index is 952. The number of urea groups is 1. The van der Waals surface area contributed by atoms with E-state index < -0.39 is 5.82 Å². The molecular weight excluding hydrogens is 411 g/mol. The van der Waals surface area contributed by atoms with Gasteiger partial charge in [-0.25, -0.2) is 9.18 Å². The summed E-state index contributed by atoms with van der Waals surface area (Å²) >= 11 is 0. The molecule has 0 aromatic heterocycles. The molecule has 0 saturated carbocycles. The Morgan fingerprint density at radius 1 is 1.00 bits per heavy atom. The van der Waals surface area contributed by atoms with Crippen LogP contribution in [0.15, 0.2) is 48.5 Å². The molecule has 2 N–H and O–H groups in total. The van der Waals surface area contributed by atoms with Gasteiger partial charge in [-0.1, -0.05) is 12.1 Å². The average Bonchev–Trinajstić information content (AvgIpc) is 2.79. The van der Waals surface area contributed by atoms with E-state index in [0.29, 0.717) is 37.2 Å². The van der Waals surface area contributed by atoms with Crippen molar-refractivity contribution in [3.05, 3.63) is 65.5 Å². The van der Waals surface area contributed by atoms with E-state index in [9.17, 15) is 18.8 Å². The molecule has 0 bridgehead atoms. The first kappa shape index (κ1) is 23.2. The third-order valence-electron chi connectivity index (χ3n) is 5.65. The van der Waals surface area contributed by atoms with Crippen LogP contribution in [0.3, 0.4) is 0 Å². The van der Waals surface area contributed by atoms with Crippen LogP contribution in [0.5, 0.6) is 0 Å². The molecule has 32 heavy (non-hydrogen) atoms. The fourth-order valence-electron chi connectivity index (χ4n) is 3.69. The largest absolute Gasteiger partial charge is 0.349 e. The number of likely N-dealkylation sites (tertiary alicyclic amines) is 1. The van der Waals surface area contributed by atoms with Crippen molar-refractivity contribution in [3.63, 3.8) is 0 Å². The zero-order valence-electron chi connectivity index (χ0n) is 18.6. The van der Waals surface area contributed by atoms with Gasteiger partial charge >= 0.3 is 6.03 Å². The number of rotatable bonds is 5. The second kappa shape index (κ2) is 10.3. The van der Waals surface area contributed by atoms with Crippen molar-refractivity contribution >= 4 is 23.5 Å². The van der Waals surface area contributed by atoms with Crippen LogP contribution in [0, 0.1) is 11.7 Å². The Balaban J connectivity index is 1.50. The van der Waals surface area contributed by atoms with Gasteiger partial charge in [-0.05, 0) is 61.7 Å². The van der Waals surface area contributed by atoms with E-state index >= 15 is 0 Å². The van der Waals surface area contributed by atoms with Crippen LogP contribution in [0.2, 0.25) is 0 Å². The molecule has 0 radical (unpaired) electrons. The normalized spacial score (nSPS) is 15.1. The second-order valence-corrected chi connectivity index (χ2v) is 8.25. The van der Waals surface area contributed by atoms with Crippen molar-refractivity contribution in [1.82, 2.24) is 15.1 Å². The summed E-state index contributed by atoms with van der Waals surface area (Å²) in [5.41, 5.74) is 1.90. The maximum atomic E-state index is 13.0. The van der Waals surface area contributed by atoms with Gasteiger partial charge in [0.25, 0.3) is 5.91 Å². The van der Waals surface area contributed by atoms with Crippen molar-refractivity contribution in [2.45, 2.75) is 25.8 Å². The minimum Gasteiger partial charge on any atom is -0.349 e. The van der Waals surface area contributed by atoms with Crippen LogP contribution in [-0.4, -0.2) is 54.8 Å². The van der Waals surface area contributed by atoms with E-state index in [1.165, 1.54) is 24.3 Å². The lowest BCUT2D eigenvalue weighted by Gasteiger charge is -2.33. The first-order chi connectivity index (χ1) is 15.2. The van der Waals surface area contributed by atoms with E-state index in [2.05, 4.69) is 10.6 Å². The highest BCUT2D eigenvalue weighted by Gasteiger charge is 2.28. The molecule has 1 unspecified atom stereocenters. The van der Waals surface area contributed by atoms with E-state index in [0.717, 1.165) is 5.56 Å². The minimum atomic E-state index is -0.394. The lowest BCUT2D eigenvalue weighted by molar-refractivity contribution is -0.126. The quantitative estimate of drug-likeness (QED) is 0.745. The molecule has 170 valence electrons. The number of hydrogen-bond acceptors (Lipinski definition) is 3. The Morgan fingerprint density at radius 2 is 1.59 bits per heavy atom. The fraction of sp³-hybridized carbons (Fsp3) is 0.375. The summed E-state index contributed by atoms with van der Waals surface area (Å²) in [5, 5.41) is 5.82. The zero-order chi connectivity index (χ0) is 23.3. The summed E-state index contributed by atoms with van der Waals surface area (Å²) in [6.45, 7) is 3.06. The minimum absolute atomic E-state index is 0.0110. The highest BCUT2D eigenvalue weighted by Crippen LogP contribution is 2.21. The van der Waals surface area contributed by atoms with Crippen molar-refractivity contribution < 1.29 is 18.8 Å². The Morgan fingerprint density at radius 3 is 2.16 bits per heavy atom. The summed E-state index contributed by atoms with van der Waals surface area (Å²) in [5.74, 6) is -0.839. The number of benzene rings is 2. The molecule has 1 aliphatic heterocycles. The van der Waals surface area contributed by atoms with Crippen molar-refractivity contribution in [2.24, 2.45) is 5.92 Å². The molecule has 3 rings (SSSR count). The molecule has 7 nitrogen and oxygen atoms in total. The molecule has 0 aliphatic carbocycles. The van der Waals surface area contributed by atoms with Gasteiger partial charge in [-0.15, -0.1) is 0 Å². The Labute approximate surface area is 187 Å². The zero-order valence-corrected chi connectivity index (χ0v) is 18.6. The smallest absolute Gasteiger partial charge is 0.319 e. The van der Waals surface area contributed by atoms with Gasteiger partial charge in [0.05, 0.1) is 6.04 Å². The van der Waals surface area contributed by atoms with Gasteiger partial charge < -0.3 is 20.4 Å². The monoisotopic (exact) mass is 440 g/mol. The van der Waals surface area contributed by atoms with E-state index in [-0.39, 0.29) is 29.8 Å². The number of halogens is 1. The number of amides is 4. The Hall–Kier alpha value is -3.42. The molecule has 1 heterocycles. The molecule has 1 atom stereocenters. The summed E-state index contributed by atoms with van der Waals surface area (Å²) in [6, 6.07) is 12.4. The average molecular weight is 441 g/mol. The molecule has 2 aromatic carbocycles. The molecule has 4 amide bonds. The number of nitrogens with zero attached hydrogens (tertiary/aromatic N) is 2. The highest BCUT2D eigenvalue weighted by molar-refractivity contribution is 6.04. The summed E-state index contributed by atoms with van der Waals surface area (Å²) in [7, 11) is 3.45. The standard InChI is InChI=1S/C24H29FN4O3/c1-16(26-22(30)19-12-14-29(15-13-19)24(32)28(2)3)17-6-10-21(11-7-17)27-23(31)18-4-8-20(25)9-5-18/h4-11,16,19H,12-15H2,1-3H3,(H,26,30)(H,27,31). The fourth-order valence-corrected chi connectivity index (χ4v) is 3.69. The van der Waals surface area contributed by atoms with Crippen LogP contribution < -0.4 is 10.6 Å². The van der Waals surface area contributed by atoms with Crippen LogP contribution in [0.4, 0.5) is 14.9 Å². The predicted molar refractivity (Wildman–Crippen MR) is 121 cm³/mol. The van der Waals surface area contributed by atoms with E-state index in [1.807, 2.05) is 19.1 Å². The molecule has 8 heteroatoms. The highest BCUT2D eigenvalue weighted by atomic mass is 19.1. The SMILES string of the molecule is CC(NC(=O)C1CCN(C(=O)N(C)C)CC1)c1ccc(NC(=O)c2ccc(F)cc2)cc1. The number of piperidine rings is 1. The van der Waals surface area contributed by atoms with Crippen molar-refractivity contribution in [3.8, 4) is 0 Å². The van der Waals surface area contributed by atoms with Crippen molar-refractivity contribution in [2.75, 3.05) is 32.5 Å². The number of anilines is 1.